The van der Waals surface area contributed by atoms with Crippen LogP contribution in [-0.4, -0.2) is 11.0 Å². The number of hydrogen-bond donors (Lipinski definition) is 2. The van der Waals surface area contributed by atoms with Gasteiger partial charge in [-0.3, -0.25) is 4.79 Å². The quantitative estimate of drug-likeness (QED) is 0.695. The molecule has 0 aliphatic rings. The largest absolute Gasteiger partial charge is 0.507 e. The molecule has 0 saturated carbocycles. The van der Waals surface area contributed by atoms with Crippen molar-refractivity contribution in [2.24, 2.45) is 0 Å². The van der Waals surface area contributed by atoms with Gasteiger partial charge in [-0.05, 0) is 71.5 Å². The van der Waals surface area contributed by atoms with Gasteiger partial charge in [0.05, 0.1) is 3.57 Å². The van der Waals surface area contributed by atoms with Crippen molar-refractivity contribution < 1.29 is 9.90 Å². The van der Waals surface area contributed by atoms with Crippen LogP contribution in [0, 0.1) is 10.5 Å². The molecule has 0 spiro atoms. The van der Waals surface area contributed by atoms with Gasteiger partial charge in [0.15, 0.2) is 0 Å². The second-order valence-electron chi connectivity index (χ2n) is 4.14. The summed E-state index contributed by atoms with van der Waals surface area (Å²) in [4.78, 5) is 12.1. The molecule has 2 rings (SSSR count). The lowest BCUT2D eigenvalue weighted by atomic mass is 10.2. The predicted octanol–water partition coefficient (Wildman–Crippen LogP) is 4.32. The fraction of sp³-hybridized carbons (Fsp3) is 0.0714. The van der Waals surface area contributed by atoms with E-state index >= 15 is 0 Å². The number of hydrogen-bond acceptors (Lipinski definition) is 2. The Labute approximate surface area is 133 Å². The van der Waals surface area contributed by atoms with E-state index < -0.39 is 0 Å². The zero-order chi connectivity index (χ0) is 14.0. The van der Waals surface area contributed by atoms with E-state index in [1.807, 2.05) is 47.7 Å². The normalized spacial score (nSPS) is 10.3. The summed E-state index contributed by atoms with van der Waals surface area (Å²) in [6, 6.07) is 10.5. The molecule has 5 heteroatoms. The van der Waals surface area contributed by atoms with E-state index in [0.717, 1.165) is 15.7 Å². The number of phenolic OH excluding ortho intramolecular Hbond substituents is 1. The third-order valence-electron chi connectivity index (χ3n) is 2.51. The number of carbonyl (C=O) groups excluding carboxylic acids is 1. The Kier molecular flexibility index (Phi) is 4.46. The summed E-state index contributed by atoms with van der Waals surface area (Å²) in [5.41, 5.74) is 2.19. The molecule has 2 aromatic carbocycles. The molecule has 0 saturated heterocycles. The molecule has 0 atom stereocenters. The van der Waals surface area contributed by atoms with Gasteiger partial charge in [0, 0.05) is 15.7 Å². The SMILES string of the molecule is Cc1cc(Br)cc(NC(=O)c2ccc(I)c(O)c2)c1. The Hall–Kier alpha value is -1.08. The maximum Gasteiger partial charge on any atom is 0.255 e. The molecular weight excluding hydrogens is 421 g/mol. The fourth-order valence-electron chi connectivity index (χ4n) is 1.67. The van der Waals surface area contributed by atoms with Crippen molar-refractivity contribution in [2.75, 3.05) is 5.32 Å². The highest BCUT2D eigenvalue weighted by atomic mass is 127. The smallest absolute Gasteiger partial charge is 0.255 e. The first-order valence-corrected chi connectivity index (χ1v) is 7.40. The van der Waals surface area contributed by atoms with E-state index in [1.54, 1.807) is 12.1 Å². The highest BCUT2D eigenvalue weighted by Crippen LogP contribution is 2.22. The standard InChI is InChI=1S/C14H11BrINO2/c1-8-4-10(15)7-11(5-8)17-14(19)9-2-3-12(16)13(18)6-9/h2-7,18H,1H3,(H,17,19). The van der Waals surface area contributed by atoms with Crippen molar-refractivity contribution in [3.05, 3.63) is 55.6 Å². The van der Waals surface area contributed by atoms with E-state index in [4.69, 9.17) is 0 Å². The first-order chi connectivity index (χ1) is 8.95. The number of benzene rings is 2. The summed E-state index contributed by atoms with van der Waals surface area (Å²) in [6.45, 7) is 1.96. The molecule has 0 radical (unpaired) electrons. The van der Waals surface area contributed by atoms with Gasteiger partial charge in [0.25, 0.3) is 5.91 Å². The van der Waals surface area contributed by atoms with E-state index in [1.165, 1.54) is 6.07 Å². The van der Waals surface area contributed by atoms with Gasteiger partial charge in [0.1, 0.15) is 5.75 Å². The maximum absolute atomic E-state index is 12.1. The minimum Gasteiger partial charge on any atom is -0.507 e. The van der Waals surface area contributed by atoms with Crippen LogP contribution in [0.1, 0.15) is 15.9 Å². The Bertz CT molecular complexity index is 623. The Morgan fingerprint density at radius 1 is 1.26 bits per heavy atom. The molecule has 0 heterocycles. The zero-order valence-corrected chi connectivity index (χ0v) is 13.8. The highest BCUT2D eigenvalue weighted by molar-refractivity contribution is 14.1. The number of carbonyl (C=O) groups is 1. The monoisotopic (exact) mass is 431 g/mol. The van der Waals surface area contributed by atoms with Crippen LogP contribution in [0.5, 0.6) is 5.75 Å². The molecule has 3 nitrogen and oxygen atoms in total. The van der Waals surface area contributed by atoms with Crippen LogP contribution in [0.2, 0.25) is 0 Å². The van der Waals surface area contributed by atoms with E-state index in [2.05, 4.69) is 21.2 Å². The summed E-state index contributed by atoms with van der Waals surface area (Å²) in [7, 11) is 0. The topological polar surface area (TPSA) is 49.3 Å². The molecule has 2 N–H and O–H groups in total. The van der Waals surface area contributed by atoms with E-state index in [0.29, 0.717) is 9.13 Å². The third kappa shape index (κ3) is 3.70. The fourth-order valence-corrected chi connectivity index (χ4v) is 2.61. The van der Waals surface area contributed by atoms with Crippen LogP contribution in [-0.2, 0) is 0 Å². The summed E-state index contributed by atoms with van der Waals surface area (Å²) in [6.07, 6.45) is 0. The van der Waals surface area contributed by atoms with Gasteiger partial charge >= 0.3 is 0 Å². The van der Waals surface area contributed by atoms with Gasteiger partial charge in [-0.15, -0.1) is 0 Å². The summed E-state index contributed by atoms with van der Waals surface area (Å²) < 4.78 is 1.63. The minimum atomic E-state index is -0.246. The van der Waals surface area contributed by atoms with Gasteiger partial charge in [-0.25, -0.2) is 0 Å². The molecule has 0 unspecified atom stereocenters. The number of halogens is 2. The van der Waals surface area contributed by atoms with Crippen LogP contribution in [0.4, 0.5) is 5.69 Å². The summed E-state index contributed by atoms with van der Waals surface area (Å²) in [5.74, 6) is -0.136. The number of amides is 1. The first-order valence-electron chi connectivity index (χ1n) is 5.53. The van der Waals surface area contributed by atoms with Crippen LogP contribution >= 0.6 is 38.5 Å². The number of nitrogens with one attached hydrogen (secondary N) is 1. The Balaban J connectivity index is 2.22. The lowest BCUT2D eigenvalue weighted by molar-refractivity contribution is 0.102. The van der Waals surface area contributed by atoms with Crippen molar-refractivity contribution in [1.82, 2.24) is 0 Å². The molecule has 19 heavy (non-hydrogen) atoms. The van der Waals surface area contributed by atoms with Crippen LogP contribution in [0.3, 0.4) is 0 Å². The Morgan fingerprint density at radius 3 is 2.63 bits per heavy atom. The van der Waals surface area contributed by atoms with Crippen LogP contribution < -0.4 is 5.32 Å². The van der Waals surface area contributed by atoms with Crippen LogP contribution in [0.15, 0.2) is 40.9 Å². The molecule has 0 aromatic heterocycles. The van der Waals surface area contributed by atoms with Gasteiger partial charge < -0.3 is 10.4 Å². The molecule has 1 amide bonds. The van der Waals surface area contributed by atoms with Crippen molar-refractivity contribution in [2.45, 2.75) is 6.92 Å². The maximum atomic E-state index is 12.1. The highest BCUT2D eigenvalue weighted by Gasteiger charge is 2.09. The lowest BCUT2D eigenvalue weighted by Gasteiger charge is -2.08. The number of aryl methyl sites for hydroxylation is 1. The average molecular weight is 432 g/mol. The second-order valence-corrected chi connectivity index (χ2v) is 6.22. The first kappa shape index (κ1) is 14.3. The van der Waals surface area contributed by atoms with Gasteiger partial charge in [-0.2, -0.15) is 0 Å². The van der Waals surface area contributed by atoms with E-state index in [-0.39, 0.29) is 11.7 Å². The molecular formula is C14H11BrINO2. The predicted molar refractivity (Wildman–Crippen MR) is 87.7 cm³/mol. The van der Waals surface area contributed by atoms with Crippen molar-refractivity contribution in [1.29, 1.82) is 0 Å². The number of rotatable bonds is 2. The number of anilines is 1. The van der Waals surface area contributed by atoms with Gasteiger partial charge in [-0.1, -0.05) is 15.9 Å². The number of phenols is 1. The van der Waals surface area contributed by atoms with Crippen molar-refractivity contribution in [3.8, 4) is 5.75 Å². The lowest BCUT2D eigenvalue weighted by Crippen LogP contribution is -2.12. The molecule has 2 aromatic rings. The third-order valence-corrected chi connectivity index (χ3v) is 3.88. The molecule has 98 valence electrons. The van der Waals surface area contributed by atoms with Crippen molar-refractivity contribution in [3.63, 3.8) is 0 Å². The minimum absolute atomic E-state index is 0.110. The number of aromatic hydroxyl groups is 1. The zero-order valence-electron chi connectivity index (χ0n) is 10.1. The summed E-state index contributed by atoms with van der Waals surface area (Å²) >= 11 is 5.40. The van der Waals surface area contributed by atoms with Gasteiger partial charge in [0.2, 0.25) is 0 Å². The summed E-state index contributed by atoms with van der Waals surface area (Å²) in [5, 5.41) is 12.4. The molecule has 0 bridgehead atoms. The second kappa shape index (κ2) is 5.92. The molecule has 0 aliphatic heterocycles. The molecule has 0 fully saturated rings. The van der Waals surface area contributed by atoms with Crippen molar-refractivity contribution >= 4 is 50.1 Å². The molecule has 0 aliphatic carbocycles. The van der Waals surface area contributed by atoms with Crippen LogP contribution in [0.25, 0.3) is 0 Å². The average Bonchev–Trinajstić information content (AvgIpc) is 2.31. The Morgan fingerprint density at radius 2 is 2.00 bits per heavy atom. The van der Waals surface area contributed by atoms with E-state index in [9.17, 15) is 9.90 Å².